The number of amides is 3. The van der Waals surface area contributed by atoms with Crippen LogP contribution in [0.5, 0.6) is 0 Å². The second-order valence-electron chi connectivity index (χ2n) is 5.92. The van der Waals surface area contributed by atoms with Gasteiger partial charge in [0.1, 0.15) is 6.23 Å². The lowest BCUT2D eigenvalue weighted by Crippen LogP contribution is -2.58. The summed E-state index contributed by atoms with van der Waals surface area (Å²) in [5.41, 5.74) is 7.30. The fourth-order valence-electron chi connectivity index (χ4n) is 3.21. The van der Waals surface area contributed by atoms with Crippen molar-refractivity contribution in [1.29, 1.82) is 0 Å². The van der Waals surface area contributed by atoms with Crippen LogP contribution in [-0.2, 0) is 16.1 Å². The van der Waals surface area contributed by atoms with E-state index < -0.39 is 0 Å². The maximum absolute atomic E-state index is 11.9. The van der Waals surface area contributed by atoms with Crippen molar-refractivity contribution < 1.29 is 14.3 Å². The topological polar surface area (TPSA) is 105 Å². The summed E-state index contributed by atoms with van der Waals surface area (Å²) in [4.78, 5) is 23.2. The molecule has 0 unspecified atom stereocenters. The molecule has 2 saturated heterocycles. The van der Waals surface area contributed by atoms with Gasteiger partial charge >= 0.3 is 6.03 Å². The molecular formula is C16H22N4O3. The largest absolute Gasteiger partial charge is 0.358 e. The second kappa shape index (κ2) is 6.97. The lowest BCUT2D eigenvalue weighted by Gasteiger charge is -2.42. The van der Waals surface area contributed by atoms with E-state index in [9.17, 15) is 9.59 Å². The number of carbonyl (C=O) groups excluding carboxylic acids is 2. The second-order valence-corrected chi connectivity index (χ2v) is 5.92. The summed E-state index contributed by atoms with van der Waals surface area (Å²) < 4.78 is 5.68. The fourth-order valence-corrected chi connectivity index (χ4v) is 3.21. The van der Waals surface area contributed by atoms with E-state index in [2.05, 4.69) is 16.0 Å². The molecule has 1 aromatic rings. The summed E-state index contributed by atoms with van der Waals surface area (Å²) in [6.45, 7) is 1.08. The zero-order chi connectivity index (χ0) is 16.2. The van der Waals surface area contributed by atoms with Gasteiger partial charge in [0.2, 0.25) is 5.91 Å². The van der Waals surface area contributed by atoms with Crippen molar-refractivity contribution in [3.05, 3.63) is 35.4 Å². The van der Waals surface area contributed by atoms with Crippen LogP contribution in [0.1, 0.15) is 30.0 Å². The van der Waals surface area contributed by atoms with E-state index in [1.54, 1.807) is 0 Å². The molecule has 2 heterocycles. The monoisotopic (exact) mass is 318 g/mol. The first-order valence-corrected chi connectivity index (χ1v) is 7.91. The third kappa shape index (κ3) is 3.62. The predicted molar refractivity (Wildman–Crippen MR) is 84.2 cm³/mol. The van der Waals surface area contributed by atoms with Crippen molar-refractivity contribution in [2.45, 2.75) is 31.7 Å². The van der Waals surface area contributed by atoms with Crippen molar-refractivity contribution in [2.24, 2.45) is 11.7 Å². The number of rotatable bonds is 4. The highest BCUT2D eigenvalue weighted by Crippen LogP contribution is 2.34. The molecule has 0 spiro atoms. The van der Waals surface area contributed by atoms with Crippen LogP contribution < -0.4 is 21.7 Å². The Kier molecular flexibility index (Phi) is 4.78. The average molecular weight is 318 g/mol. The van der Waals surface area contributed by atoms with E-state index in [1.807, 2.05) is 24.3 Å². The van der Waals surface area contributed by atoms with E-state index in [-0.39, 0.29) is 36.7 Å². The van der Waals surface area contributed by atoms with Gasteiger partial charge in [-0.05, 0) is 24.0 Å². The van der Waals surface area contributed by atoms with Gasteiger partial charge in [-0.25, -0.2) is 4.79 Å². The standard InChI is InChI=1S/C16H22N4O3/c17-8-13(21)18-9-10-3-1-4-11(7-10)14-12-5-2-6-23-15(12)20-16(22)19-14/h1,3-4,7,12,14-15H,2,5-6,8-9,17H2,(H,18,21)(H2,19,20,22)/t12-,14-,15-/m0/s1. The van der Waals surface area contributed by atoms with Gasteiger partial charge in [0.15, 0.2) is 0 Å². The molecule has 7 heteroatoms. The van der Waals surface area contributed by atoms with E-state index in [4.69, 9.17) is 10.5 Å². The molecule has 0 saturated carbocycles. The molecule has 124 valence electrons. The number of nitrogens with one attached hydrogen (secondary N) is 3. The SMILES string of the molecule is NCC(=O)NCc1cccc([C@@H]2NC(=O)N[C@H]3OCCC[C@H]32)c1. The van der Waals surface area contributed by atoms with Crippen molar-refractivity contribution in [3.8, 4) is 0 Å². The maximum Gasteiger partial charge on any atom is 0.317 e. The van der Waals surface area contributed by atoms with Crippen LogP contribution in [0.4, 0.5) is 4.79 Å². The Morgan fingerprint density at radius 2 is 2.26 bits per heavy atom. The Morgan fingerprint density at radius 3 is 3.09 bits per heavy atom. The molecule has 23 heavy (non-hydrogen) atoms. The van der Waals surface area contributed by atoms with Crippen molar-refractivity contribution in [1.82, 2.24) is 16.0 Å². The Morgan fingerprint density at radius 1 is 1.39 bits per heavy atom. The molecule has 3 amide bonds. The van der Waals surface area contributed by atoms with Gasteiger partial charge in [-0.15, -0.1) is 0 Å². The highest BCUT2D eigenvalue weighted by atomic mass is 16.5. The molecule has 2 aliphatic heterocycles. The summed E-state index contributed by atoms with van der Waals surface area (Å²) in [6.07, 6.45) is 1.75. The first kappa shape index (κ1) is 15.8. The van der Waals surface area contributed by atoms with Gasteiger partial charge in [0.05, 0.1) is 12.6 Å². The number of hydrogen-bond acceptors (Lipinski definition) is 4. The van der Waals surface area contributed by atoms with Gasteiger partial charge in [0, 0.05) is 19.1 Å². The third-order valence-corrected chi connectivity index (χ3v) is 4.34. The van der Waals surface area contributed by atoms with Gasteiger partial charge in [0.25, 0.3) is 0 Å². The Hall–Kier alpha value is -2.12. The molecular weight excluding hydrogens is 296 g/mol. The molecule has 2 aliphatic rings. The van der Waals surface area contributed by atoms with Crippen LogP contribution >= 0.6 is 0 Å². The number of carbonyl (C=O) groups is 2. The van der Waals surface area contributed by atoms with E-state index in [0.717, 1.165) is 24.0 Å². The molecule has 0 radical (unpaired) electrons. The number of fused-ring (bicyclic) bond motifs is 1. The van der Waals surface area contributed by atoms with E-state index in [1.165, 1.54) is 0 Å². The molecule has 5 N–H and O–H groups in total. The summed E-state index contributed by atoms with van der Waals surface area (Å²) in [5, 5.41) is 8.59. The van der Waals surface area contributed by atoms with Crippen LogP contribution in [0.15, 0.2) is 24.3 Å². The first-order chi connectivity index (χ1) is 11.2. The van der Waals surface area contributed by atoms with Crippen molar-refractivity contribution in [3.63, 3.8) is 0 Å². The van der Waals surface area contributed by atoms with Crippen molar-refractivity contribution in [2.75, 3.05) is 13.2 Å². The van der Waals surface area contributed by atoms with Gasteiger partial charge < -0.3 is 26.4 Å². The lowest BCUT2D eigenvalue weighted by molar-refractivity contribution is -0.119. The normalized spacial score (nSPS) is 26.7. The molecule has 0 bridgehead atoms. The van der Waals surface area contributed by atoms with Gasteiger partial charge in [-0.1, -0.05) is 24.3 Å². The molecule has 0 aliphatic carbocycles. The Balaban J connectivity index is 1.76. The van der Waals surface area contributed by atoms with Crippen molar-refractivity contribution >= 4 is 11.9 Å². The smallest absolute Gasteiger partial charge is 0.317 e. The minimum Gasteiger partial charge on any atom is -0.358 e. The number of nitrogens with two attached hydrogens (primary N) is 1. The van der Waals surface area contributed by atoms with E-state index in [0.29, 0.717) is 13.2 Å². The summed E-state index contributed by atoms with van der Waals surface area (Å²) in [6, 6.07) is 7.60. The fraction of sp³-hybridized carbons (Fsp3) is 0.500. The minimum absolute atomic E-state index is 0.0227. The molecule has 3 rings (SSSR count). The Labute approximate surface area is 134 Å². The van der Waals surface area contributed by atoms with Gasteiger partial charge in [-0.2, -0.15) is 0 Å². The number of ether oxygens (including phenoxy) is 1. The molecule has 0 aromatic heterocycles. The molecule has 2 fully saturated rings. The van der Waals surface area contributed by atoms with Gasteiger partial charge in [-0.3, -0.25) is 4.79 Å². The molecule has 3 atom stereocenters. The van der Waals surface area contributed by atoms with Crippen LogP contribution in [0, 0.1) is 5.92 Å². The van der Waals surface area contributed by atoms with Crippen LogP contribution in [-0.4, -0.2) is 31.3 Å². The molecule has 7 nitrogen and oxygen atoms in total. The van der Waals surface area contributed by atoms with Crippen LogP contribution in [0.2, 0.25) is 0 Å². The highest BCUT2D eigenvalue weighted by Gasteiger charge is 2.39. The maximum atomic E-state index is 11.9. The summed E-state index contributed by atoms with van der Waals surface area (Å²) >= 11 is 0. The number of hydrogen-bond donors (Lipinski definition) is 4. The summed E-state index contributed by atoms with van der Waals surface area (Å²) in [7, 11) is 0. The zero-order valence-electron chi connectivity index (χ0n) is 12.9. The zero-order valence-corrected chi connectivity index (χ0v) is 12.9. The number of urea groups is 1. The van der Waals surface area contributed by atoms with Crippen LogP contribution in [0.25, 0.3) is 0 Å². The predicted octanol–water partition coefficient (Wildman–Crippen LogP) is 0.368. The Bertz CT molecular complexity index is 592. The molecule has 1 aromatic carbocycles. The minimum atomic E-state index is -0.233. The third-order valence-electron chi connectivity index (χ3n) is 4.34. The first-order valence-electron chi connectivity index (χ1n) is 7.91. The summed E-state index contributed by atoms with van der Waals surface area (Å²) in [5.74, 6) is 0.0154. The van der Waals surface area contributed by atoms with E-state index >= 15 is 0 Å². The average Bonchev–Trinajstić information content (AvgIpc) is 2.59. The lowest BCUT2D eigenvalue weighted by atomic mass is 9.85. The van der Waals surface area contributed by atoms with Crippen LogP contribution in [0.3, 0.4) is 0 Å². The highest BCUT2D eigenvalue weighted by molar-refractivity contribution is 5.77. The quantitative estimate of drug-likeness (QED) is 0.643. The number of benzene rings is 1.